The summed E-state index contributed by atoms with van der Waals surface area (Å²) >= 11 is 0. The first-order valence-corrected chi connectivity index (χ1v) is 3.14. The van der Waals surface area contributed by atoms with Crippen LogP contribution in [0.15, 0.2) is 23.8 Å². The molecule has 0 N–H and O–H groups in total. The maximum absolute atomic E-state index is 2.31. The van der Waals surface area contributed by atoms with Gasteiger partial charge in [-0.2, -0.15) is 0 Å². The highest BCUT2D eigenvalue weighted by Gasteiger charge is 1.98. The number of allylic oxidation sites excluding steroid dienone is 4. The first-order chi connectivity index (χ1) is 3.79. The second-order valence-corrected chi connectivity index (χ2v) is 2.53. The van der Waals surface area contributed by atoms with Gasteiger partial charge in [-0.1, -0.05) is 30.7 Å². The number of hydrogen-bond donors (Lipinski definition) is 0. The predicted molar refractivity (Wildman–Crippen MR) is 52.1 cm³/mol. The molecule has 0 fully saturated rings. The molecule has 1 atom stereocenters. The predicted octanol–water partition coefficient (Wildman–Crippen LogP) is 3.15. The zero-order valence-corrected chi connectivity index (χ0v) is 8.26. The second-order valence-electron chi connectivity index (χ2n) is 2.53. The van der Waals surface area contributed by atoms with E-state index in [4.69, 9.17) is 0 Å². The average Bonchev–Trinajstić information content (AvgIpc) is 1.64. The number of hydrogen-bond acceptors (Lipinski definition) is 0. The van der Waals surface area contributed by atoms with E-state index in [9.17, 15) is 0 Å². The maximum atomic E-state index is 2.31. The largest absolute Gasteiger partial charge is 0.107 e. The molecule has 0 aromatic carbocycles. The minimum atomic E-state index is 0. The fraction of sp³-hybridized carbons (Fsp3) is 0.500. The van der Waals surface area contributed by atoms with E-state index in [-0.39, 0.29) is 24.0 Å². The molecule has 0 saturated heterocycles. The summed E-state index contributed by atoms with van der Waals surface area (Å²) in [6.07, 6.45) is 7.94. The van der Waals surface area contributed by atoms with Crippen LogP contribution in [0.3, 0.4) is 0 Å². The molecule has 0 nitrogen and oxygen atoms in total. The van der Waals surface area contributed by atoms with Crippen LogP contribution in [0.2, 0.25) is 0 Å². The van der Waals surface area contributed by atoms with E-state index in [1.54, 1.807) is 0 Å². The third kappa shape index (κ3) is 3.04. The van der Waals surface area contributed by atoms with Crippen LogP contribution in [0, 0.1) is 5.92 Å². The monoisotopic (exact) mass is 236 g/mol. The Morgan fingerprint density at radius 1 is 1.56 bits per heavy atom. The Morgan fingerprint density at radius 3 is 2.56 bits per heavy atom. The van der Waals surface area contributed by atoms with Crippen LogP contribution in [0.5, 0.6) is 0 Å². The molecule has 1 aliphatic rings. The molecule has 0 heterocycles. The second kappa shape index (κ2) is 4.09. The van der Waals surface area contributed by atoms with Gasteiger partial charge in [0, 0.05) is 0 Å². The van der Waals surface area contributed by atoms with Crippen molar-refractivity contribution in [2.45, 2.75) is 20.3 Å². The standard InChI is InChI=1S/C8H12.HI/c1-7-4-3-5-8(2)6-7;/h3-4,6,8H,5H2,1-2H3;1H. The van der Waals surface area contributed by atoms with Crippen LogP contribution < -0.4 is 0 Å². The summed E-state index contributed by atoms with van der Waals surface area (Å²) in [5.41, 5.74) is 1.41. The molecule has 0 aliphatic heterocycles. The van der Waals surface area contributed by atoms with Gasteiger partial charge in [-0.3, -0.25) is 0 Å². The highest BCUT2D eigenvalue weighted by atomic mass is 127. The molecule has 52 valence electrons. The zero-order chi connectivity index (χ0) is 5.98. The first kappa shape index (κ1) is 9.21. The fourth-order valence-corrected chi connectivity index (χ4v) is 1.04. The van der Waals surface area contributed by atoms with Crippen LogP contribution in [0.25, 0.3) is 0 Å². The highest BCUT2D eigenvalue weighted by molar-refractivity contribution is 14.0. The van der Waals surface area contributed by atoms with Crippen molar-refractivity contribution in [1.29, 1.82) is 0 Å². The fourth-order valence-electron chi connectivity index (χ4n) is 1.04. The average molecular weight is 236 g/mol. The molecule has 0 amide bonds. The van der Waals surface area contributed by atoms with Crippen LogP contribution >= 0.6 is 24.0 Å². The SMILES string of the molecule is CC1=CC(C)CC=C1.I. The summed E-state index contributed by atoms with van der Waals surface area (Å²) in [6.45, 7) is 4.39. The molecular formula is C8H13I. The van der Waals surface area contributed by atoms with Crippen LogP contribution in [-0.4, -0.2) is 0 Å². The van der Waals surface area contributed by atoms with Crippen molar-refractivity contribution in [2.75, 3.05) is 0 Å². The Hall–Kier alpha value is 0.210. The lowest BCUT2D eigenvalue weighted by molar-refractivity contribution is 0.729. The molecule has 0 aromatic rings. The van der Waals surface area contributed by atoms with Gasteiger partial charge in [-0.25, -0.2) is 0 Å². The van der Waals surface area contributed by atoms with Gasteiger partial charge in [-0.05, 0) is 19.3 Å². The molecule has 1 unspecified atom stereocenters. The molecule has 1 aliphatic carbocycles. The Bertz CT molecular complexity index is 134. The third-order valence-electron chi connectivity index (χ3n) is 1.44. The van der Waals surface area contributed by atoms with E-state index in [1.165, 1.54) is 12.0 Å². The molecule has 9 heavy (non-hydrogen) atoms. The van der Waals surface area contributed by atoms with Crippen molar-refractivity contribution in [3.63, 3.8) is 0 Å². The molecule has 0 aromatic heterocycles. The van der Waals surface area contributed by atoms with Gasteiger partial charge in [-0.15, -0.1) is 24.0 Å². The molecular weight excluding hydrogens is 223 g/mol. The number of rotatable bonds is 0. The Kier molecular flexibility index (Phi) is 4.19. The molecule has 0 spiro atoms. The molecule has 0 radical (unpaired) electrons. The van der Waals surface area contributed by atoms with Gasteiger partial charge >= 0.3 is 0 Å². The number of halogens is 1. The molecule has 0 saturated carbocycles. The molecule has 1 heteroatoms. The van der Waals surface area contributed by atoms with Crippen LogP contribution in [-0.2, 0) is 0 Å². The van der Waals surface area contributed by atoms with Crippen molar-refractivity contribution in [3.8, 4) is 0 Å². The third-order valence-corrected chi connectivity index (χ3v) is 1.44. The zero-order valence-electron chi connectivity index (χ0n) is 5.92. The lowest BCUT2D eigenvalue weighted by atomic mass is 9.99. The lowest BCUT2D eigenvalue weighted by Crippen LogP contribution is -1.91. The Morgan fingerprint density at radius 2 is 2.22 bits per heavy atom. The Labute approximate surface area is 74.1 Å². The van der Waals surface area contributed by atoms with E-state index < -0.39 is 0 Å². The van der Waals surface area contributed by atoms with Crippen LogP contribution in [0.4, 0.5) is 0 Å². The summed E-state index contributed by atoms with van der Waals surface area (Å²) in [7, 11) is 0. The van der Waals surface area contributed by atoms with E-state index in [2.05, 4.69) is 32.1 Å². The smallest absolute Gasteiger partial charge is 0.0222 e. The van der Waals surface area contributed by atoms with Crippen molar-refractivity contribution >= 4 is 24.0 Å². The van der Waals surface area contributed by atoms with Crippen molar-refractivity contribution in [3.05, 3.63) is 23.8 Å². The van der Waals surface area contributed by atoms with E-state index in [0.717, 1.165) is 5.92 Å². The summed E-state index contributed by atoms with van der Waals surface area (Å²) in [6, 6.07) is 0. The minimum Gasteiger partial charge on any atom is -0.107 e. The van der Waals surface area contributed by atoms with E-state index in [1.807, 2.05) is 0 Å². The van der Waals surface area contributed by atoms with E-state index >= 15 is 0 Å². The molecule has 1 rings (SSSR count). The van der Waals surface area contributed by atoms with Gasteiger partial charge in [0.25, 0.3) is 0 Å². The van der Waals surface area contributed by atoms with Crippen molar-refractivity contribution < 1.29 is 0 Å². The first-order valence-electron chi connectivity index (χ1n) is 3.14. The van der Waals surface area contributed by atoms with Gasteiger partial charge in [0.1, 0.15) is 0 Å². The maximum Gasteiger partial charge on any atom is -0.0222 e. The minimum absolute atomic E-state index is 0. The highest BCUT2D eigenvalue weighted by Crippen LogP contribution is 2.14. The van der Waals surface area contributed by atoms with Crippen LogP contribution in [0.1, 0.15) is 20.3 Å². The van der Waals surface area contributed by atoms with Gasteiger partial charge in [0.15, 0.2) is 0 Å². The summed E-state index contributed by atoms with van der Waals surface area (Å²) in [4.78, 5) is 0. The Balaban J connectivity index is 0.000000640. The normalized spacial score (nSPS) is 24.7. The van der Waals surface area contributed by atoms with Gasteiger partial charge < -0.3 is 0 Å². The molecule has 0 bridgehead atoms. The summed E-state index contributed by atoms with van der Waals surface area (Å²) in [5.74, 6) is 0.764. The topological polar surface area (TPSA) is 0 Å². The quantitative estimate of drug-likeness (QED) is 0.567. The van der Waals surface area contributed by atoms with Crippen molar-refractivity contribution in [2.24, 2.45) is 5.92 Å². The van der Waals surface area contributed by atoms with Gasteiger partial charge in [0.05, 0.1) is 0 Å². The van der Waals surface area contributed by atoms with Gasteiger partial charge in [0.2, 0.25) is 0 Å². The van der Waals surface area contributed by atoms with Crippen molar-refractivity contribution in [1.82, 2.24) is 0 Å². The lowest BCUT2D eigenvalue weighted by Gasteiger charge is -2.07. The summed E-state index contributed by atoms with van der Waals surface area (Å²) in [5, 5.41) is 0. The van der Waals surface area contributed by atoms with E-state index in [0.29, 0.717) is 0 Å². The summed E-state index contributed by atoms with van der Waals surface area (Å²) < 4.78 is 0.